The molecular formula is C22H25ClF2. The fraction of sp³-hybridized carbons (Fsp3) is 0.545. The van der Waals surface area contributed by atoms with E-state index in [1.165, 1.54) is 56.6 Å². The average molecular weight is 363 g/mol. The third-order valence-electron chi connectivity index (χ3n) is 6.77. The van der Waals surface area contributed by atoms with Crippen LogP contribution in [-0.4, -0.2) is 0 Å². The summed E-state index contributed by atoms with van der Waals surface area (Å²) < 4.78 is 28.0. The first-order valence-electron chi connectivity index (χ1n) is 9.64. The second-order valence-corrected chi connectivity index (χ2v) is 8.46. The van der Waals surface area contributed by atoms with Crippen molar-refractivity contribution in [1.29, 1.82) is 0 Å². The van der Waals surface area contributed by atoms with E-state index in [-0.39, 0.29) is 0 Å². The van der Waals surface area contributed by atoms with Crippen molar-refractivity contribution in [2.45, 2.75) is 57.8 Å². The molecule has 3 heteroatoms. The lowest BCUT2D eigenvalue weighted by Gasteiger charge is -2.42. The first kappa shape index (κ1) is 17.3. The normalized spacial score (nSPS) is 29.6. The largest absolute Gasteiger partial charge is 0.205 e. The molecule has 0 bridgehead atoms. The second-order valence-electron chi connectivity index (χ2n) is 8.08. The zero-order valence-corrected chi connectivity index (χ0v) is 15.5. The van der Waals surface area contributed by atoms with Crippen LogP contribution in [0.1, 0.15) is 63.4 Å². The van der Waals surface area contributed by atoms with Crippen LogP contribution in [0.25, 0.3) is 10.8 Å². The number of rotatable bonds is 2. The molecule has 2 aromatic rings. The van der Waals surface area contributed by atoms with E-state index in [2.05, 4.69) is 6.92 Å². The van der Waals surface area contributed by atoms with Crippen LogP contribution in [0.2, 0.25) is 5.02 Å². The SMILES string of the molecule is CC[C@@H]1CC[C@@H]2CC(c3ccc4c(F)c(Cl)c(F)cc4c3)CCC2C1. The van der Waals surface area contributed by atoms with Crippen LogP contribution in [0.5, 0.6) is 0 Å². The zero-order valence-electron chi connectivity index (χ0n) is 14.7. The third kappa shape index (κ3) is 3.18. The maximum atomic E-state index is 14.2. The van der Waals surface area contributed by atoms with Gasteiger partial charge in [-0.05, 0) is 72.8 Å². The highest BCUT2D eigenvalue weighted by atomic mass is 35.5. The monoisotopic (exact) mass is 362 g/mol. The van der Waals surface area contributed by atoms with Gasteiger partial charge in [0, 0.05) is 5.39 Å². The fourth-order valence-corrected chi connectivity index (χ4v) is 5.39. The van der Waals surface area contributed by atoms with E-state index < -0.39 is 16.7 Å². The highest BCUT2D eigenvalue weighted by Gasteiger charge is 2.35. The molecule has 2 fully saturated rings. The number of fused-ring (bicyclic) bond motifs is 2. The molecule has 0 aromatic heterocycles. The van der Waals surface area contributed by atoms with Gasteiger partial charge in [0.15, 0.2) is 5.82 Å². The molecule has 25 heavy (non-hydrogen) atoms. The number of hydrogen-bond acceptors (Lipinski definition) is 0. The lowest BCUT2D eigenvalue weighted by atomic mass is 9.63. The standard InChI is InChI=1S/C22H25ClF2/c1-2-13-3-4-15-10-16(6-5-14(15)9-13)17-7-8-19-18(11-17)12-20(24)21(23)22(19)25/h7-8,11-16H,2-6,9-10H2,1H3/t13-,14?,15-,16?/m1/s1. The van der Waals surface area contributed by atoms with E-state index in [1.807, 2.05) is 12.1 Å². The van der Waals surface area contributed by atoms with Gasteiger partial charge in [-0.1, -0.05) is 49.6 Å². The minimum Gasteiger partial charge on any atom is -0.205 e. The summed E-state index contributed by atoms with van der Waals surface area (Å²) in [6, 6.07) is 7.12. The Morgan fingerprint density at radius 3 is 2.56 bits per heavy atom. The molecular weight excluding hydrogens is 338 g/mol. The van der Waals surface area contributed by atoms with Gasteiger partial charge in [0.1, 0.15) is 10.8 Å². The number of halogens is 3. The molecule has 0 radical (unpaired) electrons. The molecule has 2 saturated carbocycles. The van der Waals surface area contributed by atoms with Gasteiger partial charge in [-0.3, -0.25) is 0 Å². The summed E-state index contributed by atoms with van der Waals surface area (Å²) in [6.45, 7) is 2.32. The van der Waals surface area contributed by atoms with Gasteiger partial charge in [-0.25, -0.2) is 8.78 Å². The van der Waals surface area contributed by atoms with Gasteiger partial charge in [0.25, 0.3) is 0 Å². The van der Waals surface area contributed by atoms with Gasteiger partial charge in [0.05, 0.1) is 0 Å². The van der Waals surface area contributed by atoms with E-state index >= 15 is 0 Å². The Morgan fingerprint density at radius 2 is 1.76 bits per heavy atom. The van der Waals surface area contributed by atoms with Crippen molar-refractivity contribution < 1.29 is 8.78 Å². The van der Waals surface area contributed by atoms with Gasteiger partial charge < -0.3 is 0 Å². The van der Waals surface area contributed by atoms with Crippen LogP contribution in [-0.2, 0) is 0 Å². The molecule has 4 rings (SSSR count). The fourth-order valence-electron chi connectivity index (χ4n) is 5.24. The lowest BCUT2D eigenvalue weighted by Crippen LogP contribution is -2.30. The summed E-state index contributed by atoms with van der Waals surface area (Å²) in [5.74, 6) is 1.84. The molecule has 2 aliphatic carbocycles. The first-order chi connectivity index (χ1) is 12.1. The van der Waals surface area contributed by atoms with Crippen LogP contribution in [0.15, 0.2) is 24.3 Å². The molecule has 2 aromatic carbocycles. The molecule has 2 aliphatic rings. The quantitative estimate of drug-likeness (QED) is 0.485. The molecule has 134 valence electrons. The van der Waals surface area contributed by atoms with Crippen molar-refractivity contribution in [3.05, 3.63) is 46.5 Å². The molecule has 0 saturated heterocycles. The van der Waals surface area contributed by atoms with Crippen molar-refractivity contribution >= 4 is 22.4 Å². The summed E-state index contributed by atoms with van der Waals surface area (Å²) in [5.41, 5.74) is 1.23. The highest BCUT2D eigenvalue weighted by Crippen LogP contribution is 2.48. The Kier molecular flexibility index (Phi) is 4.75. The topological polar surface area (TPSA) is 0 Å². The van der Waals surface area contributed by atoms with Gasteiger partial charge in [0.2, 0.25) is 0 Å². The Labute approximate surface area is 153 Å². The van der Waals surface area contributed by atoms with Crippen molar-refractivity contribution in [3.63, 3.8) is 0 Å². The van der Waals surface area contributed by atoms with Crippen LogP contribution in [0, 0.1) is 29.4 Å². The van der Waals surface area contributed by atoms with Crippen molar-refractivity contribution in [3.8, 4) is 0 Å². The van der Waals surface area contributed by atoms with E-state index in [0.717, 1.165) is 17.8 Å². The molecule has 0 spiro atoms. The Morgan fingerprint density at radius 1 is 1.00 bits per heavy atom. The summed E-state index contributed by atoms with van der Waals surface area (Å²) in [5, 5.41) is 0.620. The maximum Gasteiger partial charge on any atom is 0.152 e. The van der Waals surface area contributed by atoms with Crippen LogP contribution in [0.4, 0.5) is 8.78 Å². The second kappa shape index (κ2) is 6.87. The molecule has 0 heterocycles. The van der Waals surface area contributed by atoms with Crippen LogP contribution < -0.4 is 0 Å². The summed E-state index contributed by atoms with van der Waals surface area (Å²) in [6.07, 6.45) is 9.17. The predicted molar refractivity (Wildman–Crippen MR) is 100 cm³/mol. The highest BCUT2D eigenvalue weighted by molar-refractivity contribution is 6.31. The Bertz CT molecular complexity index is 785. The zero-order chi connectivity index (χ0) is 17.6. The lowest BCUT2D eigenvalue weighted by molar-refractivity contribution is 0.116. The number of hydrogen-bond donors (Lipinski definition) is 0. The van der Waals surface area contributed by atoms with Crippen molar-refractivity contribution in [2.75, 3.05) is 0 Å². The molecule has 0 nitrogen and oxygen atoms in total. The number of benzene rings is 2. The predicted octanol–water partition coefficient (Wildman–Crippen LogP) is 7.48. The molecule has 0 amide bonds. The van der Waals surface area contributed by atoms with Crippen molar-refractivity contribution in [1.82, 2.24) is 0 Å². The van der Waals surface area contributed by atoms with Gasteiger partial charge in [-0.2, -0.15) is 0 Å². The van der Waals surface area contributed by atoms with Crippen LogP contribution >= 0.6 is 11.6 Å². The maximum absolute atomic E-state index is 14.2. The van der Waals surface area contributed by atoms with Gasteiger partial charge >= 0.3 is 0 Å². The molecule has 0 aliphatic heterocycles. The molecule has 0 N–H and O–H groups in total. The van der Waals surface area contributed by atoms with Gasteiger partial charge in [-0.15, -0.1) is 0 Å². The summed E-state index contributed by atoms with van der Waals surface area (Å²) in [4.78, 5) is 0. The summed E-state index contributed by atoms with van der Waals surface area (Å²) >= 11 is 5.70. The minimum atomic E-state index is -0.676. The average Bonchev–Trinajstić information content (AvgIpc) is 2.65. The first-order valence-corrected chi connectivity index (χ1v) is 10.0. The van der Waals surface area contributed by atoms with E-state index in [4.69, 9.17) is 11.6 Å². The molecule has 2 unspecified atom stereocenters. The van der Waals surface area contributed by atoms with Crippen molar-refractivity contribution in [2.24, 2.45) is 17.8 Å². The minimum absolute atomic E-state index is 0.409. The van der Waals surface area contributed by atoms with E-state index in [0.29, 0.717) is 16.7 Å². The molecule has 4 atom stereocenters. The van der Waals surface area contributed by atoms with Crippen LogP contribution in [0.3, 0.4) is 0 Å². The third-order valence-corrected chi connectivity index (χ3v) is 7.11. The Balaban J connectivity index is 1.58. The summed E-state index contributed by atoms with van der Waals surface area (Å²) in [7, 11) is 0. The van der Waals surface area contributed by atoms with E-state index in [9.17, 15) is 8.78 Å². The Hall–Kier alpha value is -1.15. The smallest absolute Gasteiger partial charge is 0.152 e. The van der Waals surface area contributed by atoms with E-state index in [1.54, 1.807) is 6.07 Å².